The van der Waals surface area contributed by atoms with Crippen LogP contribution in [0.3, 0.4) is 0 Å². The summed E-state index contributed by atoms with van der Waals surface area (Å²) in [6.45, 7) is 3.23. The standard InChI is InChI=1S/C20H21IN2O3/c1-4-10-26-20-17(21)11-15(12-19(20)25-5-2)13-22-23-14-16-8-6-7-9-18(16)24-3/h1,6-9,11-13,23H,5,10,14H2,2-3H3/b22-13-. The van der Waals surface area contributed by atoms with Crippen molar-refractivity contribution in [3.05, 3.63) is 51.1 Å². The van der Waals surface area contributed by atoms with Crippen LogP contribution in [0.5, 0.6) is 17.2 Å². The van der Waals surface area contributed by atoms with E-state index in [9.17, 15) is 0 Å². The van der Waals surface area contributed by atoms with E-state index in [4.69, 9.17) is 20.6 Å². The normalized spacial score (nSPS) is 10.4. The number of benzene rings is 2. The van der Waals surface area contributed by atoms with E-state index < -0.39 is 0 Å². The van der Waals surface area contributed by atoms with Gasteiger partial charge in [0.1, 0.15) is 12.4 Å². The molecule has 0 spiro atoms. The summed E-state index contributed by atoms with van der Waals surface area (Å²) < 4.78 is 17.5. The number of nitrogens with zero attached hydrogens (tertiary/aromatic N) is 1. The second-order valence-corrected chi connectivity index (χ2v) is 6.32. The summed E-state index contributed by atoms with van der Waals surface area (Å²) in [6, 6.07) is 11.7. The molecule has 0 saturated carbocycles. The minimum absolute atomic E-state index is 0.198. The lowest BCUT2D eigenvalue weighted by molar-refractivity contribution is 0.298. The maximum absolute atomic E-state index is 5.66. The Labute approximate surface area is 167 Å². The molecule has 6 heteroatoms. The first kappa shape index (κ1) is 19.9. The van der Waals surface area contributed by atoms with Crippen molar-refractivity contribution in [2.75, 3.05) is 20.3 Å². The van der Waals surface area contributed by atoms with Crippen LogP contribution in [0.25, 0.3) is 0 Å². The number of rotatable bonds is 9. The third kappa shape index (κ3) is 5.56. The Morgan fingerprint density at radius 1 is 1.23 bits per heavy atom. The molecule has 26 heavy (non-hydrogen) atoms. The number of terminal acetylenes is 1. The van der Waals surface area contributed by atoms with Crippen molar-refractivity contribution in [3.63, 3.8) is 0 Å². The molecule has 136 valence electrons. The van der Waals surface area contributed by atoms with Crippen LogP contribution in [0.4, 0.5) is 0 Å². The molecule has 0 aliphatic heterocycles. The monoisotopic (exact) mass is 464 g/mol. The molecule has 2 aromatic carbocycles. The number of ether oxygens (including phenoxy) is 3. The van der Waals surface area contributed by atoms with Gasteiger partial charge in [0.15, 0.2) is 11.5 Å². The largest absolute Gasteiger partial charge is 0.496 e. The van der Waals surface area contributed by atoms with Crippen LogP contribution in [0.15, 0.2) is 41.5 Å². The van der Waals surface area contributed by atoms with Gasteiger partial charge in [0.2, 0.25) is 0 Å². The zero-order valence-electron chi connectivity index (χ0n) is 14.8. The third-order valence-electron chi connectivity index (χ3n) is 3.40. The lowest BCUT2D eigenvalue weighted by atomic mass is 10.2. The van der Waals surface area contributed by atoms with Crippen molar-refractivity contribution in [1.29, 1.82) is 0 Å². The highest BCUT2D eigenvalue weighted by Gasteiger charge is 2.11. The van der Waals surface area contributed by atoms with E-state index in [1.807, 2.05) is 43.3 Å². The van der Waals surface area contributed by atoms with E-state index in [1.54, 1.807) is 13.3 Å². The molecule has 0 heterocycles. The molecule has 0 unspecified atom stereocenters. The van der Waals surface area contributed by atoms with Gasteiger partial charge in [-0.1, -0.05) is 24.1 Å². The summed E-state index contributed by atoms with van der Waals surface area (Å²) in [4.78, 5) is 0. The van der Waals surface area contributed by atoms with Gasteiger partial charge in [-0.15, -0.1) is 6.42 Å². The van der Waals surface area contributed by atoms with Crippen molar-refractivity contribution < 1.29 is 14.2 Å². The number of hydrogen-bond donors (Lipinski definition) is 1. The Morgan fingerprint density at radius 2 is 2.04 bits per heavy atom. The van der Waals surface area contributed by atoms with Crippen LogP contribution < -0.4 is 19.6 Å². The predicted molar refractivity (Wildman–Crippen MR) is 112 cm³/mol. The topological polar surface area (TPSA) is 52.1 Å². The highest BCUT2D eigenvalue weighted by atomic mass is 127. The average Bonchev–Trinajstić information content (AvgIpc) is 2.65. The van der Waals surface area contributed by atoms with E-state index in [2.05, 4.69) is 39.0 Å². The second kappa shape index (κ2) is 10.6. The van der Waals surface area contributed by atoms with Gasteiger partial charge in [-0.2, -0.15) is 5.10 Å². The molecular weight excluding hydrogens is 443 g/mol. The molecule has 5 nitrogen and oxygen atoms in total. The summed E-state index contributed by atoms with van der Waals surface area (Å²) in [5.41, 5.74) is 4.97. The molecule has 0 saturated heterocycles. The Morgan fingerprint density at radius 3 is 2.77 bits per heavy atom. The van der Waals surface area contributed by atoms with Gasteiger partial charge in [0.05, 0.1) is 30.0 Å². The van der Waals surface area contributed by atoms with Gasteiger partial charge < -0.3 is 19.6 Å². The molecule has 0 aliphatic carbocycles. The quantitative estimate of drug-likeness (QED) is 0.265. The minimum atomic E-state index is 0.198. The zero-order valence-corrected chi connectivity index (χ0v) is 16.9. The van der Waals surface area contributed by atoms with Crippen LogP contribution in [0, 0.1) is 15.9 Å². The number of hydrogen-bond acceptors (Lipinski definition) is 5. The number of nitrogens with one attached hydrogen (secondary N) is 1. The lowest BCUT2D eigenvalue weighted by Crippen LogP contribution is -2.07. The summed E-state index contributed by atoms with van der Waals surface area (Å²) in [5.74, 6) is 4.61. The van der Waals surface area contributed by atoms with E-state index >= 15 is 0 Å². The summed E-state index contributed by atoms with van der Waals surface area (Å²) >= 11 is 2.20. The maximum atomic E-state index is 5.66. The maximum Gasteiger partial charge on any atom is 0.175 e. The van der Waals surface area contributed by atoms with E-state index in [-0.39, 0.29) is 6.61 Å². The molecule has 0 aliphatic rings. The third-order valence-corrected chi connectivity index (χ3v) is 4.20. The minimum Gasteiger partial charge on any atom is -0.496 e. The van der Waals surface area contributed by atoms with Gasteiger partial charge in [-0.3, -0.25) is 0 Å². The molecule has 2 aromatic rings. The van der Waals surface area contributed by atoms with Gasteiger partial charge in [-0.25, -0.2) is 0 Å². The number of halogens is 1. The average molecular weight is 464 g/mol. The summed E-state index contributed by atoms with van der Waals surface area (Å²) in [5, 5.41) is 4.28. The van der Waals surface area contributed by atoms with Gasteiger partial charge >= 0.3 is 0 Å². The summed E-state index contributed by atoms with van der Waals surface area (Å²) in [6.07, 6.45) is 7.01. The zero-order chi connectivity index (χ0) is 18.8. The first-order valence-electron chi connectivity index (χ1n) is 8.10. The fourth-order valence-electron chi connectivity index (χ4n) is 2.28. The van der Waals surface area contributed by atoms with E-state index in [0.29, 0.717) is 24.7 Å². The smallest absolute Gasteiger partial charge is 0.175 e. The van der Waals surface area contributed by atoms with E-state index in [1.165, 1.54) is 0 Å². The number of methoxy groups -OCH3 is 1. The Hall–Kier alpha value is -2.40. The molecule has 1 N–H and O–H groups in total. The van der Waals surface area contributed by atoms with Crippen LogP contribution in [0.1, 0.15) is 18.1 Å². The van der Waals surface area contributed by atoms with E-state index in [0.717, 1.165) is 20.4 Å². The number of hydrazone groups is 1. The Kier molecular flexibility index (Phi) is 8.09. The van der Waals surface area contributed by atoms with Crippen molar-refractivity contribution >= 4 is 28.8 Å². The highest BCUT2D eigenvalue weighted by Crippen LogP contribution is 2.33. The fraction of sp³-hybridized carbons (Fsp3) is 0.250. The lowest BCUT2D eigenvalue weighted by Gasteiger charge is -2.13. The van der Waals surface area contributed by atoms with Crippen molar-refractivity contribution in [2.24, 2.45) is 5.10 Å². The summed E-state index contributed by atoms with van der Waals surface area (Å²) in [7, 11) is 1.66. The molecule has 0 bridgehead atoms. The fourth-order valence-corrected chi connectivity index (χ4v) is 3.06. The molecule has 0 amide bonds. The molecule has 0 radical (unpaired) electrons. The van der Waals surface area contributed by atoms with Crippen LogP contribution in [0.2, 0.25) is 0 Å². The Bertz CT molecular complexity index is 800. The van der Waals surface area contributed by atoms with Crippen molar-refractivity contribution in [2.45, 2.75) is 13.5 Å². The molecule has 2 rings (SSSR count). The molecule has 0 atom stereocenters. The van der Waals surface area contributed by atoms with Gasteiger partial charge in [0.25, 0.3) is 0 Å². The van der Waals surface area contributed by atoms with Crippen molar-refractivity contribution in [3.8, 4) is 29.6 Å². The predicted octanol–water partition coefficient (Wildman–Crippen LogP) is 3.83. The first-order chi connectivity index (χ1) is 12.7. The van der Waals surface area contributed by atoms with Gasteiger partial charge in [0, 0.05) is 5.56 Å². The molecule has 0 aromatic heterocycles. The number of para-hydroxylation sites is 1. The molecule has 0 fully saturated rings. The van der Waals surface area contributed by atoms with Crippen LogP contribution >= 0.6 is 22.6 Å². The Balaban J connectivity index is 2.08. The SMILES string of the molecule is C#CCOc1c(I)cc(/C=N\NCc2ccccc2OC)cc1OCC. The van der Waals surface area contributed by atoms with Crippen LogP contribution in [-0.4, -0.2) is 26.5 Å². The van der Waals surface area contributed by atoms with Gasteiger partial charge in [-0.05, 0) is 53.3 Å². The second-order valence-electron chi connectivity index (χ2n) is 5.16. The first-order valence-corrected chi connectivity index (χ1v) is 9.17. The highest BCUT2D eigenvalue weighted by molar-refractivity contribution is 14.1. The van der Waals surface area contributed by atoms with Crippen LogP contribution in [-0.2, 0) is 6.54 Å². The molecular formula is C20H21IN2O3. The van der Waals surface area contributed by atoms with Crippen molar-refractivity contribution in [1.82, 2.24) is 5.43 Å².